The Labute approximate surface area is 123 Å². The molecule has 20 heavy (non-hydrogen) atoms. The molecule has 0 saturated carbocycles. The maximum absolute atomic E-state index is 11.9. The summed E-state index contributed by atoms with van der Waals surface area (Å²) in [4.78, 5) is 11.9. The molecular weight excluding hydrogens is 278 g/mol. The predicted octanol–water partition coefficient (Wildman–Crippen LogP) is 0.597. The molecular formula is C13H29N3O3S. The zero-order chi connectivity index (χ0) is 16.0. The van der Waals surface area contributed by atoms with Crippen molar-refractivity contribution < 1.29 is 13.2 Å². The van der Waals surface area contributed by atoms with Gasteiger partial charge in [0.15, 0.2) is 0 Å². The van der Waals surface area contributed by atoms with E-state index in [0.717, 1.165) is 19.1 Å². The van der Waals surface area contributed by atoms with Crippen molar-refractivity contribution in [2.75, 3.05) is 12.8 Å². The lowest BCUT2D eigenvalue weighted by molar-refractivity contribution is -0.123. The second-order valence-corrected chi connectivity index (χ2v) is 7.81. The number of rotatable bonds is 9. The average molecular weight is 307 g/mol. The summed E-state index contributed by atoms with van der Waals surface area (Å²) < 4.78 is 25.0. The van der Waals surface area contributed by atoms with Crippen molar-refractivity contribution in [3.05, 3.63) is 0 Å². The van der Waals surface area contributed by atoms with E-state index < -0.39 is 15.6 Å². The number of sulfonamides is 1. The third-order valence-corrected chi connectivity index (χ3v) is 3.74. The van der Waals surface area contributed by atoms with E-state index in [0.29, 0.717) is 6.54 Å². The molecule has 0 saturated heterocycles. The highest BCUT2D eigenvalue weighted by molar-refractivity contribution is 7.88. The molecule has 0 bridgehead atoms. The number of hydrogen-bond donors (Lipinski definition) is 3. The molecule has 0 aromatic heterocycles. The van der Waals surface area contributed by atoms with Crippen LogP contribution in [0.3, 0.4) is 0 Å². The maximum atomic E-state index is 11.9. The minimum atomic E-state index is -3.27. The SMILES string of the molecule is CCCC(C)NC(=O)C(C)NCC(C)(C)NS(C)(=O)=O. The van der Waals surface area contributed by atoms with Crippen molar-refractivity contribution in [3.8, 4) is 0 Å². The second kappa shape index (κ2) is 7.95. The Morgan fingerprint density at radius 1 is 1.25 bits per heavy atom. The van der Waals surface area contributed by atoms with Gasteiger partial charge in [-0.1, -0.05) is 13.3 Å². The van der Waals surface area contributed by atoms with Gasteiger partial charge in [0.2, 0.25) is 15.9 Å². The number of nitrogens with one attached hydrogen (secondary N) is 3. The molecule has 7 heteroatoms. The standard InChI is InChI=1S/C13H29N3O3S/c1-7-8-10(2)15-12(17)11(3)14-9-13(4,5)16-20(6,18)19/h10-11,14,16H,7-9H2,1-6H3,(H,15,17). The molecule has 0 fully saturated rings. The fourth-order valence-electron chi connectivity index (χ4n) is 1.91. The third kappa shape index (κ3) is 9.28. The van der Waals surface area contributed by atoms with E-state index in [4.69, 9.17) is 0 Å². The van der Waals surface area contributed by atoms with Crippen LogP contribution in [0.2, 0.25) is 0 Å². The van der Waals surface area contributed by atoms with Crippen molar-refractivity contribution in [3.63, 3.8) is 0 Å². The highest BCUT2D eigenvalue weighted by Crippen LogP contribution is 2.03. The van der Waals surface area contributed by atoms with Crippen molar-refractivity contribution >= 4 is 15.9 Å². The molecule has 6 nitrogen and oxygen atoms in total. The Bertz CT molecular complexity index is 407. The number of hydrogen-bond acceptors (Lipinski definition) is 4. The first kappa shape index (κ1) is 19.3. The van der Waals surface area contributed by atoms with Crippen LogP contribution in [-0.2, 0) is 14.8 Å². The lowest BCUT2D eigenvalue weighted by atomic mass is 10.1. The molecule has 3 N–H and O–H groups in total. The van der Waals surface area contributed by atoms with Gasteiger partial charge in [-0.2, -0.15) is 0 Å². The summed E-state index contributed by atoms with van der Waals surface area (Å²) in [6, 6.07) is -0.214. The lowest BCUT2D eigenvalue weighted by Gasteiger charge is -2.27. The van der Waals surface area contributed by atoms with Crippen LogP contribution in [0.5, 0.6) is 0 Å². The van der Waals surface area contributed by atoms with Gasteiger partial charge in [0.05, 0.1) is 12.3 Å². The first-order chi connectivity index (χ1) is 8.97. The van der Waals surface area contributed by atoms with Crippen LogP contribution in [-0.4, -0.2) is 44.7 Å². The van der Waals surface area contributed by atoms with Crippen LogP contribution in [0.25, 0.3) is 0 Å². The molecule has 2 atom stereocenters. The van der Waals surface area contributed by atoms with Crippen LogP contribution in [0.1, 0.15) is 47.5 Å². The summed E-state index contributed by atoms with van der Waals surface area (Å²) in [5.74, 6) is -0.0684. The van der Waals surface area contributed by atoms with Crippen molar-refractivity contribution in [2.45, 2.75) is 65.1 Å². The minimum absolute atomic E-state index is 0.0684. The molecule has 0 aromatic carbocycles. The molecule has 0 aliphatic carbocycles. The van der Waals surface area contributed by atoms with Gasteiger partial charge in [0.1, 0.15) is 0 Å². The van der Waals surface area contributed by atoms with Gasteiger partial charge < -0.3 is 10.6 Å². The normalized spacial score (nSPS) is 15.7. The fourth-order valence-corrected chi connectivity index (χ4v) is 2.99. The van der Waals surface area contributed by atoms with Crippen LogP contribution in [0.15, 0.2) is 0 Å². The molecule has 0 heterocycles. The maximum Gasteiger partial charge on any atom is 0.237 e. The summed E-state index contributed by atoms with van der Waals surface area (Å²) >= 11 is 0. The smallest absolute Gasteiger partial charge is 0.237 e. The largest absolute Gasteiger partial charge is 0.352 e. The van der Waals surface area contributed by atoms with Gasteiger partial charge in [0.25, 0.3) is 0 Å². The quantitative estimate of drug-likeness (QED) is 0.582. The Morgan fingerprint density at radius 3 is 2.25 bits per heavy atom. The lowest BCUT2D eigenvalue weighted by Crippen LogP contribution is -2.54. The summed E-state index contributed by atoms with van der Waals surface area (Å²) in [7, 11) is -3.27. The van der Waals surface area contributed by atoms with E-state index >= 15 is 0 Å². The fraction of sp³-hybridized carbons (Fsp3) is 0.923. The second-order valence-electron chi connectivity index (χ2n) is 6.06. The Hall–Kier alpha value is -0.660. The average Bonchev–Trinajstić information content (AvgIpc) is 2.22. The molecule has 0 aromatic rings. The van der Waals surface area contributed by atoms with Crippen molar-refractivity contribution in [2.24, 2.45) is 0 Å². The van der Waals surface area contributed by atoms with E-state index in [9.17, 15) is 13.2 Å². The minimum Gasteiger partial charge on any atom is -0.352 e. The summed E-state index contributed by atoms with van der Waals surface area (Å²) in [6.07, 6.45) is 3.09. The highest BCUT2D eigenvalue weighted by atomic mass is 32.2. The van der Waals surface area contributed by atoms with Gasteiger partial charge >= 0.3 is 0 Å². The zero-order valence-corrected chi connectivity index (χ0v) is 14.2. The van der Waals surface area contributed by atoms with E-state index in [1.807, 2.05) is 6.92 Å². The molecule has 1 amide bonds. The monoisotopic (exact) mass is 307 g/mol. The van der Waals surface area contributed by atoms with Gasteiger partial charge in [-0.05, 0) is 34.1 Å². The van der Waals surface area contributed by atoms with E-state index in [2.05, 4.69) is 22.3 Å². The molecule has 120 valence electrons. The Morgan fingerprint density at radius 2 is 1.80 bits per heavy atom. The Kier molecular flexibility index (Phi) is 7.69. The van der Waals surface area contributed by atoms with Crippen molar-refractivity contribution in [1.29, 1.82) is 0 Å². The number of carbonyl (C=O) groups excluding carboxylic acids is 1. The van der Waals surface area contributed by atoms with Gasteiger partial charge in [-0.15, -0.1) is 0 Å². The molecule has 0 rings (SSSR count). The summed E-state index contributed by atoms with van der Waals surface area (Å²) in [6.45, 7) is 9.73. The van der Waals surface area contributed by atoms with Crippen LogP contribution in [0.4, 0.5) is 0 Å². The molecule has 0 aliphatic heterocycles. The van der Waals surface area contributed by atoms with E-state index in [1.165, 1.54) is 0 Å². The van der Waals surface area contributed by atoms with E-state index in [1.54, 1.807) is 20.8 Å². The summed E-state index contributed by atoms with van der Waals surface area (Å²) in [5, 5.41) is 5.98. The van der Waals surface area contributed by atoms with Crippen LogP contribution in [0, 0.1) is 0 Å². The topological polar surface area (TPSA) is 87.3 Å². The molecule has 0 spiro atoms. The third-order valence-electron chi connectivity index (χ3n) is 2.82. The molecule has 0 aliphatic rings. The first-order valence-corrected chi connectivity index (χ1v) is 8.88. The van der Waals surface area contributed by atoms with Crippen LogP contribution >= 0.6 is 0 Å². The van der Waals surface area contributed by atoms with Gasteiger partial charge in [-0.3, -0.25) is 4.79 Å². The zero-order valence-electron chi connectivity index (χ0n) is 13.4. The molecule has 0 radical (unpaired) electrons. The molecule has 2 unspecified atom stereocenters. The first-order valence-electron chi connectivity index (χ1n) is 6.99. The van der Waals surface area contributed by atoms with Gasteiger partial charge in [-0.25, -0.2) is 13.1 Å². The van der Waals surface area contributed by atoms with Crippen LogP contribution < -0.4 is 15.4 Å². The highest BCUT2D eigenvalue weighted by Gasteiger charge is 2.24. The van der Waals surface area contributed by atoms with Gasteiger partial charge in [0, 0.05) is 18.1 Å². The Balaban J connectivity index is 4.27. The predicted molar refractivity (Wildman–Crippen MR) is 82.0 cm³/mol. The van der Waals surface area contributed by atoms with Crippen molar-refractivity contribution in [1.82, 2.24) is 15.4 Å². The number of amides is 1. The van der Waals surface area contributed by atoms with E-state index in [-0.39, 0.29) is 18.0 Å². The summed E-state index contributed by atoms with van der Waals surface area (Å²) in [5.41, 5.74) is -0.642. The number of carbonyl (C=O) groups is 1.